The summed E-state index contributed by atoms with van der Waals surface area (Å²) in [6.45, 7) is 3.23. The van der Waals surface area contributed by atoms with Crippen molar-refractivity contribution >= 4 is 23.2 Å². The first-order valence-electron chi connectivity index (χ1n) is 2.04. The van der Waals surface area contributed by atoms with E-state index < -0.39 is 0 Å². The third-order valence-electron chi connectivity index (χ3n) is 0.460. The Balaban J connectivity index is 3.24. The summed E-state index contributed by atoms with van der Waals surface area (Å²) in [5, 5.41) is -0.155. The van der Waals surface area contributed by atoms with Crippen molar-refractivity contribution in [2.75, 3.05) is 5.75 Å². The van der Waals surface area contributed by atoms with Crippen LogP contribution >= 0.6 is 11.8 Å². The number of hydrogen-bond acceptors (Lipinski definition) is 3. The van der Waals surface area contributed by atoms with Gasteiger partial charge in [-0.25, -0.2) is 0 Å². The lowest BCUT2D eigenvalue weighted by molar-refractivity contribution is -0.108. The predicted octanol–water partition coefficient (Wildman–Crippen LogP) is 0.631. The lowest BCUT2D eigenvalue weighted by Gasteiger charge is -1.82. The van der Waals surface area contributed by atoms with Crippen LogP contribution in [-0.4, -0.2) is 17.2 Å². The maximum atomic E-state index is 10.3. The Hall–Kier alpha value is -0.570. The molecule has 0 heterocycles. The summed E-state index contributed by atoms with van der Waals surface area (Å²) in [5.41, 5.74) is 0. The minimum absolute atomic E-state index is 0.155. The Morgan fingerprint density at radius 1 is 1.75 bits per heavy atom. The van der Waals surface area contributed by atoms with Crippen LogP contribution in [0.15, 0.2) is 12.7 Å². The summed E-state index contributed by atoms with van der Waals surface area (Å²) in [4.78, 5) is 19.9. The van der Waals surface area contributed by atoms with Crippen LogP contribution in [0.3, 0.4) is 0 Å². The average molecular weight is 130 g/mol. The van der Waals surface area contributed by atoms with Crippen LogP contribution in [0.4, 0.5) is 0 Å². The van der Waals surface area contributed by atoms with E-state index in [4.69, 9.17) is 0 Å². The van der Waals surface area contributed by atoms with Crippen LogP contribution in [0.1, 0.15) is 0 Å². The minimum atomic E-state index is -0.155. The summed E-state index contributed by atoms with van der Waals surface area (Å²) in [6.07, 6.45) is 1.88. The van der Waals surface area contributed by atoms with Gasteiger partial charge in [0.15, 0.2) is 0 Å². The molecule has 0 spiro atoms. The quantitative estimate of drug-likeness (QED) is 0.415. The fourth-order valence-electron chi connectivity index (χ4n) is 0.175. The second-order valence-electron chi connectivity index (χ2n) is 1.00. The van der Waals surface area contributed by atoms with Gasteiger partial charge in [-0.15, -0.1) is 0 Å². The average Bonchev–Trinajstić information content (AvgIpc) is 1.83. The van der Waals surface area contributed by atoms with E-state index in [-0.39, 0.29) is 10.9 Å². The Bertz CT molecular complexity index is 109. The number of thioether (sulfide) groups is 1. The van der Waals surface area contributed by atoms with Crippen molar-refractivity contribution in [1.82, 2.24) is 0 Å². The molecule has 0 aromatic rings. The van der Waals surface area contributed by atoms with Gasteiger partial charge in [0.2, 0.25) is 5.12 Å². The molecule has 0 fully saturated rings. The fraction of sp³-hybridized carbons (Fsp3) is 0.200. The van der Waals surface area contributed by atoms with E-state index in [1.54, 1.807) is 0 Å². The number of carbonyl (C=O) groups is 2. The third kappa shape index (κ3) is 3.61. The molecule has 0 aliphatic heterocycles. The largest absolute Gasteiger partial charge is 0.302 e. The highest BCUT2D eigenvalue weighted by atomic mass is 32.2. The summed E-state index contributed by atoms with van der Waals surface area (Å²) < 4.78 is 0. The Kier molecular flexibility index (Phi) is 4.26. The minimum Gasteiger partial charge on any atom is -0.302 e. The smallest absolute Gasteiger partial charge is 0.211 e. The fourth-order valence-corrected chi connectivity index (χ4v) is 0.525. The Morgan fingerprint density at radius 3 is 2.75 bits per heavy atom. The van der Waals surface area contributed by atoms with Gasteiger partial charge in [0.25, 0.3) is 0 Å². The molecule has 0 saturated heterocycles. The Morgan fingerprint density at radius 2 is 2.38 bits per heavy atom. The second-order valence-corrected chi connectivity index (χ2v) is 2.03. The van der Waals surface area contributed by atoms with Crippen LogP contribution in [-0.2, 0) is 9.59 Å². The molecule has 0 unspecified atom stereocenters. The molecule has 3 heteroatoms. The molecule has 0 bridgehead atoms. The maximum absolute atomic E-state index is 10.3. The van der Waals surface area contributed by atoms with Crippen molar-refractivity contribution in [3.63, 3.8) is 0 Å². The van der Waals surface area contributed by atoms with E-state index >= 15 is 0 Å². The topological polar surface area (TPSA) is 34.1 Å². The lowest BCUT2D eigenvalue weighted by Crippen LogP contribution is -1.86. The van der Waals surface area contributed by atoms with Crippen molar-refractivity contribution in [3.05, 3.63) is 12.7 Å². The van der Waals surface area contributed by atoms with E-state index in [9.17, 15) is 9.59 Å². The molecule has 8 heavy (non-hydrogen) atoms. The predicted molar refractivity (Wildman–Crippen MR) is 33.7 cm³/mol. The zero-order valence-corrected chi connectivity index (χ0v) is 5.11. The summed E-state index contributed by atoms with van der Waals surface area (Å²) in [6, 6.07) is 0. The lowest BCUT2D eigenvalue weighted by atomic mass is 10.7. The molecular formula is C5H6O2S. The van der Waals surface area contributed by atoms with Crippen molar-refractivity contribution in [1.29, 1.82) is 0 Å². The molecule has 0 aromatic carbocycles. The number of carbonyl (C=O) groups excluding carboxylic acids is 2. The highest BCUT2D eigenvalue weighted by Gasteiger charge is 1.91. The van der Waals surface area contributed by atoms with Gasteiger partial charge in [-0.3, -0.25) is 4.79 Å². The zero-order chi connectivity index (χ0) is 6.41. The van der Waals surface area contributed by atoms with Gasteiger partial charge in [0.1, 0.15) is 6.29 Å². The first-order chi connectivity index (χ1) is 3.81. The maximum Gasteiger partial charge on any atom is 0.211 e. The van der Waals surface area contributed by atoms with Gasteiger partial charge in [-0.1, -0.05) is 18.3 Å². The summed E-state index contributed by atoms with van der Waals surface area (Å²) >= 11 is 0.951. The highest BCUT2D eigenvalue weighted by molar-refractivity contribution is 8.14. The molecule has 2 nitrogen and oxygen atoms in total. The van der Waals surface area contributed by atoms with Crippen molar-refractivity contribution in [3.8, 4) is 0 Å². The monoisotopic (exact) mass is 130 g/mol. The van der Waals surface area contributed by atoms with Crippen molar-refractivity contribution < 1.29 is 9.59 Å². The van der Waals surface area contributed by atoms with Gasteiger partial charge in [0.05, 0.1) is 5.75 Å². The molecule has 0 aliphatic rings. The molecule has 0 amide bonds. The Labute approximate surface area is 52.0 Å². The second kappa shape index (κ2) is 4.59. The van der Waals surface area contributed by atoms with E-state index in [1.807, 2.05) is 0 Å². The summed E-state index contributed by atoms with van der Waals surface area (Å²) in [7, 11) is 0. The van der Waals surface area contributed by atoms with Crippen molar-refractivity contribution in [2.24, 2.45) is 0 Å². The molecular weight excluding hydrogens is 124 g/mol. The number of hydrogen-bond donors (Lipinski definition) is 0. The van der Waals surface area contributed by atoms with Gasteiger partial charge >= 0.3 is 0 Å². The van der Waals surface area contributed by atoms with Gasteiger partial charge in [0, 0.05) is 0 Å². The van der Waals surface area contributed by atoms with E-state index in [0.717, 1.165) is 11.8 Å². The van der Waals surface area contributed by atoms with Crippen LogP contribution in [0, 0.1) is 0 Å². The van der Waals surface area contributed by atoms with Crippen LogP contribution < -0.4 is 0 Å². The third-order valence-corrected chi connectivity index (χ3v) is 1.21. The molecule has 44 valence electrons. The molecule has 0 N–H and O–H groups in total. The van der Waals surface area contributed by atoms with E-state index in [2.05, 4.69) is 6.58 Å². The number of aldehydes is 1. The van der Waals surface area contributed by atoms with E-state index in [0.29, 0.717) is 6.29 Å². The molecule has 0 atom stereocenters. The molecule has 0 saturated carbocycles. The van der Waals surface area contributed by atoms with Crippen LogP contribution in [0.5, 0.6) is 0 Å². The van der Waals surface area contributed by atoms with Crippen LogP contribution in [0.2, 0.25) is 0 Å². The first-order valence-corrected chi connectivity index (χ1v) is 3.02. The summed E-state index contributed by atoms with van der Waals surface area (Å²) in [5.74, 6) is 0.227. The molecule has 0 aromatic heterocycles. The molecule has 0 radical (unpaired) electrons. The molecule has 0 aliphatic carbocycles. The highest BCUT2D eigenvalue weighted by Crippen LogP contribution is 1.98. The van der Waals surface area contributed by atoms with Gasteiger partial charge in [-0.05, 0) is 6.08 Å². The van der Waals surface area contributed by atoms with Crippen LogP contribution in [0.25, 0.3) is 0 Å². The van der Waals surface area contributed by atoms with E-state index in [1.165, 1.54) is 6.08 Å². The SMILES string of the molecule is C=CC(=O)SCC=O. The first kappa shape index (κ1) is 7.43. The number of rotatable bonds is 3. The standard InChI is InChI=1S/C5H6O2S/c1-2-5(7)8-4-3-6/h2-3H,1,4H2. The normalized spacial score (nSPS) is 8.00. The molecule has 0 rings (SSSR count). The van der Waals surface area contributed by atoms with Gasteiger partial charge < -0.3 is 4.79 Å². The van der Waals surface area contributed by atoms with Gasteiger partial charge in [-0.2, -0.15) is 0 Å². The zero-order valence-electron chi connectivity index (χ0n) is 4.29. The van der Waals surface area contributed by atoms with Crippen molar-refractivity contribution in [2.45, 2.75) is 0 Å².